The summed E-state index contributed by atoms with van der Waals surface area (Å²) in [5, 5.41) is 14.4. The fourth-order valence-electron chi connectivity index (χ4n) is 4.60. The van der Waals surface area contributed by atoms with Gasteiger partial charge in [-0.3, -0.25) is 9.78 Å². The summed E-state index contributed by atoms with van der Waals surface area (Å²) >= 11 is 0. The van der Waals surface area contributed by atoms with Crippen molar-refractivity contribution in [1.82, 2.24) is 10.3 Å². The van der Waals surface area contributed by atoms with Crippen molar-refractivity contribution in [2.45, 2.75) is 38.1 Å². The minimum atomic E-state index is -0.345. The van der Waals surface area contributed by atoms with Crippen molar-refractivity contribution in [3.05, 3.63) is 84.1 Å². The van der Waals surface area contributed by atoms with Crippen LogP contribution in [-0.4, -0.2) is 22.5 Å². The van der Waals surface area contributed by atoms with Crippen LogP contribution in [0, 0.1) is 11.8 Å². The van der Waals surface area contributed by atoms with E-state index in [4.69, 9.17) is 5.73 Å². The summed E-state index contributed by atoms with van der Waals surface area (Å²) in [7, 11) is 0. The first kappa shape index (κ1) is 22.0. The molecule has 1 saturated carbocycles. The van der Waals surface area contributed by atoms with E-state index in [9.17, 15) is 9.90 Å². The van der Waals surface area contributed by atoms with Crippen LogP contribution in [0.4, 0.5) is 0 Å². The molecule has 0 spiro atoms. The Labute approximate surface area is 189 Å². The quantitative estimate of drug-likeness (QED) is 0.511. The van der Waals surface area contributed by atoms with Crippen LogP contribution in [0.25, 0.3) is 11.3 Å². The number of nitrogens with one attached hydrogen (secondary N) is 1. The Morgan fingerprint density at radius 3 is 2.31 bits per heavy atom. The molecular formula is C27H31N3O2. The molecule has 5 nitrogen and oxygen atoms in total. The highest BCUT2D eigenvalue weighted by Crippen LogP contribution is 2.35. The molecule has 1 aliphatic carbocycles. The van der Waals surface area contributed by atoms with E-state index in [0.29, 0.717) is 30.1 Å². The molecule has 32 heavy (non-hydrogen) atoms. The monoisotopic (exact) mass is 429 g/mol. The van der Waals surface area contributed by atoms with Crippen LogP contribution in [0.5, 0.6) is 5.75 Å². The highest BCUT2D eigenvalue weighted by Gasteiger charge is 2.28. The lowest BCUT2D eigenvalue weighted by Gasteiger charge is -2.29. The molecular weight excluding hydrogens is 398 g/mol. The van der Waals surface area contributed by atoms with Crippen LogP contribution in [0.2, 0.25) is 0 Å². The van der Waals surface area contributed by atoms with Crippen molar-refractivity contribution < 1.29 is 9.90 Å². The van der Waals surface area contributed by atoms with Gasteiger partial charge in [-0.15, -0.1) is 0 Å². The maximum Gasteiger partial charge on any atom is 0.223 e. The topological polar surface area (TPSA) is 88.2 Å². The van der Waals surface area contributed by atoms with Crippen LogP contribution >= 0.6 is 0 Å². The fraction of sp³-hybridized carbons (Fsp3) is 0.333. The zero-order chi connectivity index (χ0) is 22.3. The van der Waals surface area contributed by atoms with Gasteiger partial charge in [-0.05, 0) is 56.2 Å². The molecule has 166 valence electrons. The van der Waals surface area contributed by atoms with Crippen LogP contribution in [0.3, 0.4) is 0 Å². The normalized spacial score (nSPS) is 19.3. The second-order valence-corrected chi connectivity index (χ2v) is 8.67. The summed E-state index contributed by atoms with van der Waals surface area (Å²) in [6, 6.07) is 21.1. The van der Waals surface area contributed by atoms with Gasteiger partial charge >= 0.3 is 0 Å². The Bertz CT molecular complexity index is 1020. The van der Waals surface area contributed by atoms with Crippen molar-refractivity contribution in [1.29, 1.82) is 0 Å². The average Bonchev–Trinajstić information content (AvgIpc) is 2.85. The van der Waals surface area contributed by atoms with Gasteiger partial charge in [0.05, 0.1) is 6.04 Å². The Morgan fingerprint density at radius 2 is 1.66 bits per heavy atom. The van der Waals surface area contributed by atoms with Crippen LogP contribution in [0.15, 0.2) is 72.9 Å². The maximum absolute atomic E-state index is 13.2. The van der Waals surface area contributed by atoms with Gasteiger partial charge in [-0.25, -0.2) is 0 Å². The van der Waals surface area contributed by atoms with Gasteiger partial charge in [0.15, 0.2) is 0 Å². The smallest absolute Gasteiger partial charge is 0.223 e. The summed E-state index contributed by atoms with van der Waals surface area (Å²) in [6.07, 6.45) is 6.02. The number of nitrogens with two attached hydrogens (primary N) is 1. The van der Waals surface area contributed by atoms with E-state index in [0.717, 1.165) is 36.8 Å². The molecule has 0 aliphatic heterocycles. The zero-order valence-electron chi connectivity index (χ0n) is 18.3. The lowest BCUT2D eigenvalue weighted by Crippen LogP contribution is -2.37. The number of hydrogen-bond donors (Lipinski definition) is 3. The number of nitrogens with zero attached hydrogens (tertiary/aromatic N) is 1. The number of pyridine rings is 1. The summed E-state index contributed by atoms with van der Waals surface area (Å²) in [6.45, 7) is 0.693. The molecule has 0 saturated heterocycles. The van der Waals surface area contributed by atoms with Gasteiger partial charge in [0.1, 0.15) is 11.4 Å². The zero-order valence-corrected chi connectivity index (χ0v) is 18.3. The number of carbonyl (C=O) groups excluding carboxylic acids is 1. The fourth-order valence-corrected chi connectivity index (χ4v) is 4.60. The van der Waals surface area contributed by atoms with Crippen LogP contribution < -0.4 is 11.1 Å². The third-order valence-electron chi connectivity index (χ3n) is 6.53. The molecule has 4 rings (SSSR count). The van der Waals surface area contributed by atoms with Crippen molar-refractivity contribution >= 4 is 5.91 Å². The SMILES string of the molecule is NCC1CCC(C(=O)NC(Cc2ccccc2)c2ccnc(-c3ccccc3)c2O)CC1. The van der Waals surface area contributed by atoms with Gasteiger partial charge in [0.25, 0.3) is 0 Å². The highest BCUT2D eigenvalue weighted by atomic mass is 16.3. The Balaban J connectivity index is 1.61. The van der Waals surface area contributed by atoms with Gasteiger partial charge in [0.2, 0.25) is 5.91 Å². The first-order chi connectivity index (χ1) is 15.7. The van der Waals surface area contributed by atoms with Crippen LogP contribution in [0.1, 0.15) is 42.9 Å². The highest BCUT2D eigenvalue weighted by molar-refractivity contribution is 5.79. The number of amides is 1. The van der Waals surface area contributed by atoms with Crippen molar-refractivity contribution in [2.75, 3.05) is 6.54 Å². The van der Waals surface area contributed by atoms with Crippen molar-refractivity contribution in [3.63, 3.8) is 0 Å². The number of rotatable bonds is 7. The molecule has 0 radical (unpaired) electrons. The predicted octanol–water partition coefficient (Wildman–Crippen LogP) is 4.62. The number of benzene rings is 2. The van der Waals surface area contributed by atoms with E-state index in [1.807, 2.05) is 60.7 Å². The third-order valence-corrected chi connectivity index (χ3v) is 6.53. The summed E-state index contributed by atoms with van der Waals surface area (Å²) < 4.78 is 0. The van der Waals surface area contributed by atoms with E-state index < -0.39 is 0 Å². The second kappa shape index (κ2) is 10.4. The van der Waals surface area contributed by atoms with Crippen molar-refractivity contribution in [3.8, 4) is 17.0 Å². The molecule has 1 fully saturated rings. The van der Waals surface area contributed by atoms with Gasteiger partial charge < -0.3 is 16.2 Å². The molecule has 1 atom stereocenters. The largest absolute Gasteiger partial charge is 0.505 e. The molecule has 1 heterocycles. The van der Waals surface area contributed by atoms with E-state index in [1.165, 1.54) is 0 Å². The molecule has 3 aromatic rings. The minimum absolute atomic E-state index is 0.00588. The molecule has 1 amide bonds. The first-order valence-corrected chi connectivity index (χ1v) is 11.4. The lowest BCUT2D eigenvalue weighted by molar-refractivity contribution is -0.127. The molecule has 1 unspecified atom stereocenters. The number of carbonyl (C=O) groups is 1. The molecule has 5 heteroatoms. The number of aromatic nitrogens is 1. The first-order valence-electron chi connectivity index (χ1n) is 11.4. The van der Waals surface area contributed by atoms with Gasteiger partial charge in [0, 0.05) is 23.2 Å². The molecule has 4 N–H and O–H groups in total. The average molecular weight is 430 g/mol. The Kier molecular flexibility index (Phi) is 7.17. The van der Waals surface area contributed by atoms with E-state index in [2.05, 4.69) is 10.3 Å². The standard InChI is InChI=1S/C27H31N3O2/c28-18-20-11-13-22(14-12-20)27(32)30-24(17-19-7-3-1-4-8-19)23-15-16-29-25(26(23)31)21-9-5-2-6-10-21/h1-10,15-16,20,22,24,31H,11-14,17-18,28H2,(H,30,32). The Hall–Kier alpha value is -3.18. The summed E-state index contributed by atoms with van der Waals surface area (Å²) in [4.78, 5) is 17.6. The van der Waals surface area contributed by atoms with E-state index in [-0.39, 0.29) is 23.6 Å². The molecule has 2 aromatic carbocycles. The van der Waals surface area contributed by atoms with E-state index in [1.54, 1.807) is 12.3 Å². The summed E-state index contributed by atoms with van der Waals surface area (Å²) in [5.41, 5.74) is 8.97. The maximum atomic E-state index is 13.2. The van der Waals surface area contributed by atoms with Crippen molar-refractivity contribution in [2.24, 2.45) is 17.6 Å². The molecule has 1 aromatic heterocycles. The second-order valence-electron chi connectivity index (χ2n) is 8.67. The minimum Gasteiger partial charge on any atom is -0.505 e. The molecule has 1 aliphatic rings. The van der Waals surface area contributed by atoms with E-state index >= 15 is 0 Å². The predicted molar refractivity (Wildman–Crippen MR) is 127 cm³/mol. The van der Waals surface area contributed by atoms with Crippen LogP contribution in [-0.2, 0) is 11.2 Å². The number of aromatic hydroxyl groups is 1. The van der Waals surface area contributed by atoms with Gasteiger partial charge in [-0.1, -0.05) is 60.7 Å². The molecule has 0 bridgehead atoms. The third kappa shape index (κ3) is 5.17. The number of hydrogen-bond acceptors (Lipinski definition) is 4. The Morgan fingerprint density at radius 1 is 1.00 bits per heavy atom. The van der Waals surface area contributed by atoms with Gasteiger partial charge in [-0.2, -0.15) is 0 Å². The lowest BCUT2D eigenvalue weighted by atomic mass is 9.81. The summed E-state index contributed by atoms with van der Waals surface area (Å²) in [5.74, 6) is 0.691.